The molecule has 0 radical (unpaired) electrons. The first kappa shape index (κ1) is 15.7. The summed E-state index contributed by atoms with van der Waals surface area (Å²) in [6, 6.07) is 11.6. The first-order valence-electron chi connectivity index (χ1n) is 8.99. The van der Waals surface area contributed by atoms with Crippen molar-refractivity contribution in [1.82, 2.24) is 10.3 Å². The molecule has 1 atom stereocenters. The SMILES string of the molecule is O=C1COCc2c(-c3ccc(C4CCCN4)cc3)[nH]c3cc(F)cc1c23. The van der Waals surface area contributed by atoms with E-state index in [9.17, 15) is 9.18 Å². The van der Waals surface area contributed by atoms with Crippen LogP contribution in [0.5, 0.6) is 0 Å². The van der Waals surface area contributed by atoms with Crippen molar-refractivity contribution in [2.45, 2.75) is 25.5 Å². The van der Waals surface area contributed by atoms with E-state index >= 15 is 0 Å². The van der Waals surface area contributed by atoms with Gasteiger partial charge in [-0.3, -0.25) is 4.79 Å². The Morgan fingerprint density at radius 2 is 1.96 bits per heavy atom. The van der Waals surface area contributed by atoms with Crippen LogP contribution in [0, 0.1) is 5.82 Å². The molecule has 2 aromatic carbocycles. The van der Waals surface area contributed by atoms with Crippen LogP contribution in [0.3, 0.4) is 0 Å². The Kier molecular flexibility index (Phi) is 3.65. The summed E-state index contributed by atoms with van der Waals surface area (Å²) in [6.45, 7) is 1.39. The molecule has 132 valence electrons. The van der Waals surface area contributed by atoms with Crippen molar-refractivity contribution in [3.8, 4) is 11.3 Å². The molecule has 1 aromatic heterocycles. The van der Waals surface area contributed by atoms with Crippen molar-refractivity contribution in [2.75, 3.05) is 13.2 Å². The highest BCUT2D eigenvalue weighted by molar-refractivity contribution is 6.11. The van der Waals surface area contributed by atoms with Crippen molar-refractivity contribution in [1.29, 1.82) is 0 Å². The molecule has 2 N–H and O–H groups in total. The number of hydrogen-bond acceptors (Lipinski definition) is 3. The Bertz CT molecular complexity index is 1000. The molecule has 2 aliphatic rings. The summed E-state index contributed by atoms with van der Waals surface area (Å²) in [4.78, 5) is 15.6. The maximum atomic E-state index is 14.0. The Morgan fingerprint density at radius 3 is 2.73 bits per heavy atom. The second-order valence-electron chi connectivity index (χ2n) is 7.04. The van der Waals surface area contributed by atoms with Crippen LogP contribution in [-0.2, 0) is 11.3 Å². The molecule has 5 heteroatoms. The minimum atomic E-state index is -0.412. The first-order chi connectivity index (χ1) is 12.7. The third-order valence-electron chi connectivity index (χ3n) is 5.41. The van der Waals surface area contributed by atoms with Gasteiger partial charge in [-0.1, -0.05) is 24.3 Å². The Labute approximate surface area is 150 Å². The Morgan fingerprint density at radius 1 is 1.12 bits per heavy atom. The number of halogens is 1. The molecule has 1 saturated heterocycles. The zero-order valence-corrected chi connectivity index (χ0v) is 14.3. The molecule has 0 bridgehead atoms. The van der Waals surface area contributed by atoms with Gasteiger partial charge in [-0.05, 0) is 42.6 Å². The van der Waals surface area contributed by atoms with Gasteiger partial charge in [0.25, 0.3) is 0 Å². The molecule has 0 amide bonds. The van der Waals surface area contributed by atoms with Crippen LogP contribution in [0.15, 0.2) is 36.4 Å². The van der Waals surface area contributed by atoms with Crippen LogP contribution in [0.4, 0.5) is 4.39 Å². The van der Waals surface area contributed by atoms with Crippen molar-refractivity contribution in [2.24, 2.45) is 0 Å². The lowest BCUT2D eigenvalue weighted by Crippen LogP contribution is -2.12. The molecule has 5 rings (SSSR count). The molecule has 0 spiro atoms. The smallest absolute Gasteiger partial charge is 0.189 e. The second-order valence-corrected chi connectivity index (χ2v) is 7.04. The fourth-order valence-electron chi connectivity index (χ4n) is 4.15. The first-order valence-corrected chi connectivity index (χ1v) is 8.99. The van der Waals surface area contributed by atoms with E-state index in [0.29, 0.717) is 23.7 Å². The summed E-state index contributed by atoms with van der Waals surface area (Å²) in [6.07, 6.45) is 2.37. The van der Waals surface area contributed by atoms with E-state index in [2.05, 4.69) is 34.6 Å². The van der Waals surface area contributed by atoms with Crippen LogP contribution in [0.2, 0.25) is 0 Å². The summed E-state index contributed by atoms with van der Waals surface area (Å²) >= 11 is 0. The summed E-state index contributed by atoms with van der Waals surface area (Å²) in [5, 5.41) is 4.29. The summed E-state index contributed by atoms with van der Waals surface area (Å²) in [5.41, 5.74) is 5.17. The topological polar surface area (TPSA) is 54.1 Å². The summed E-state index contributed by atoms with van der Waals surface area (Å²) < 4.78 is 19.5. The number of nitrogens with one attached hydrogen (secondary N) is 2. The van der Waals surface area contributed by atoms with E-state index in [0.717, 1.165) is 35.2 Å². The number of carbonyl (C=O) groups is 1. The molecule has 1 unspecified atom stereocenters. The zero-order chi connectivity index (χ0) is 17.7. The molecule has 2 aliphatic heterocycles. The second kappa shape index (κ2) is 6.04. The molecule has 26 heavy (non-hydrogen) atoms. The van der Waals surface area contributed by atoms with Gasteiger partial charge in [-0.15, -0.1) is 0 Å². The quantitative estimate of drug-likeness (QED) is 0.731. The van der Waals surface area contributed by atoms with Crippen LogP contribution in [0.1, 0.15) is 40.4 Å². The lowest BCUT2D eigenvalue weighted by atomic mass is 9.99. The minimum Gasteiger partial charge on any atom is -0.369 e. The largest absolute Gasteiger partial charge is 0.369 e. The number of carbonyl (C=O) groups excluding carboxylic acids is 1. The number of hydrogen-bond donors (Lipinski definition) is 2. The van der Waals surface area contributed by atoms with Crippen molar-refractivity contribution < 1.29 is 13.9 Å². The predicted molar refractivity (Wildman–Crippen MR) is 97.7 cm³/mol. The normalized spacial score (nSPS) is 19.9. The average molecular weight is 350 g/mol. The maximum Gasteiger partial charge on any atom is 0.189 e. The van der Waals surface area contributed by atoms with E-state index in [1.54, 1.807) is 0 Å². The van der Waals surface area contributed by atoms with Gasteiger partial charge in [0.2, 0.25) is 0 Å². The summed E-state index contributed by atoms with van der Waals surface area (Å²) in [7, 11) is 0. The van der Waals surface area contributed by atoms with E-state index in [1.165, 1.54) is 24.1 Å². The average Bonchev–Trinajstić information content (AvgIpc) is 3.26. The molecule has 1 fully saturated rings. The van der Waals surface area contributed by atoms with Gasteiger partial charge in [-0.2, -0.15) is 0 Å². The number of Topliss-reactive ketones (excluding diaryl/α,β-unsaturated/α-hetero) is 1. The van der Waals surface area contributed by atoms with Crippen LogP contribution < -0.4 is 5.32 Å². The van der Waals surface area contributed by atoms with Gasteiger partial charge in [-0.25, -0.2) is 4.39 Å². The van der Waals surface area contributed by atoms with Crippen LogP contribution in [0.25, 0.3) is 22.2 Å². The lowest BCUT2D eigenvalue weighted by molar-refractivity contribution is 0.0742. The Hall–Kier alpha value is -2.50. The monoisotopic (exact) mass is 350 g/mol. The molecule has 3 heterocycles. The molecule has 3 aromatic rings. The van der Waals surface area contributed by atoms with Crippen molar-refractivity contribution in [3.05, 3.63) is 58.9 Å². The van der Waals surface area contributed by atoms with Gasteiger partial charge >= 0.3 is 0 Å². The minimum absolute atomic E-state index is 0.0149. The van der Waals surface area contributed by atoms with E-state index in [-0.39, 0.29) is 12.4 Å². The highest BCUT2D eigenvalue weighted by Crippen LogP contribution is 2.36. The zero-order valence-electron chi connectivity index (χ0n) is 14.3. The molecular weight excluding hydrogens is 331 g/mol. The highest BCUT2D eigenvalue weighted by atomic mass is 19.1. The number of benzene rings is 2. The molecule has 4 nitrogen and oxygen atoms in total. The molecule has 0 saturated carbocycles. The number of aromatic nitrogens is 1. The van der Waals surface area contributed by atoms with Gasteiger partial charge in [0.05, 0.1) is 12.3 Å². The fourth-order valence-corrected chi connectivity index (χ4v) is 4.15. The van der Waals surface area contributed by atoms with Gasteiger partial charge in [0, 0.05) is 28.1 Å². The van der Waals surface area contributed by atoms with E-state index in [4.69, 9.17) is 4.74 Å². The van der Waals surface area contributed by atoms with Crippen molar-refractivity contribution >= 4 is 16.7 Å². The van der Waals surface area contributed by atoms with Gasteiger partial charge in [0.15, 0.2) is 5.78 Å². The number of H-pyrrole nitrogens is 1. The third kappa shape index (κ3) is 2.47. The van der Waals surface area contributed by atoms with Gasteiger partial charge < -0.3 is 15.0 Å². The fraction of sp³-hybridized carbons (Fsp3) is 0.286. The molecule has 0 aliphatic carbocycles. The number of ketones is 1. The third-order valence-corrected chi connectivity index (χ3v) is 5.41. The number of rotatable bonds is 2. The van der Waals surface area contributed by atoms with Crippen molar-refractivity contribution in [3.63, 3.8) is 0 Å². The van der Waals surface area contributed by atoms with Crippen LogP contribution >= 0.6 is 0 Å². The summed E-state index contributed by atoms with van der Waals surface area (Å²) in [5.74, 6) is -0.591. The number of ether oxygens (including phenoxy) is 1. The van der Waals surface area contributed by atoms with E-state index < -0.39 is 5.82 Å². The lowest BCUT2D eigenvalue weighted by Gasteiger charge is -2.11. The maximum absolute atomic E-state index is 14.0. The molecular formula is C21H19FN2O2. The highest BCUT2D eigenvalue weighted by Gasteiger charge is 2.24. The Balaban J connectivity index is 1.64. The predicted octanol–water partition coefficient (Wildman–Crippen LogP) is 4.11. The van der Waals surface area contributed by atoms with Gasteiger partial charge in [0.1, 0.15) is 12.4 Å². The standard InChI is InChI=1S/C21H19FN2O2/c22-14-8-15-19(25)11-26-10-16-20(15)18(9-14)24-21(16)13-5-3-12(4-6-13)17-2-1-7-23-17/h3-6,8-9,17,23-24H,1-2,7,10-11H2. The number of aromatic amines is 1. The van der Waals surface area contributed by atoms with E-state index in [1.807, 2.05) is 0 Å². The van der Waals surface area contributed by atoms with Crippen LogP contribution in [-0.4, -0.2) is 23.9 Å².